The molecule has 0 saturated carbocycles. The number of hydrogen-bond donors (Lipinski definition) is 1. The van der Waals surface area contributed by atoms with Crippen LogP contribution in [-0.4, -0.2) is 21.2 Å². The highest BCUT2D eigenvalue weighted by atomic mass is 16.6. The van der Waals surface area contributed by atoms with Crippen LogP contribution in [0.25, 0.3) is 11.3 Å². The Morgan fingerprint density at radius 2 is 1.77 bits per heavy atom. The van der Waals surface area contributed by atoms with Crippen LogP contribution in [0.5, 0.6) is 5.75 Å². The first-order chi connectivity index (χ1) is 12.5. The van der Waals surface area contributed by atoms with E-state index >= 15 is 0 Å². The van der Waals surface area contributed by atoms with Crippen LogP contribution in [-0.2, 0) is 0 Å². The number of phenolic OH excluding ortho intramolecular Hbond substituents is 1. The fraction of sp³-hybridized carbons (Fsp3) is 0.100. The molecule has 3 aromatic rings. The van der Waals surface area contributed by atoms with Crippen molar-refractivity contribution in [2.75, 3.05) is 0 Å². The number of benzene rings is 2. The van der Waals surface area contributed by atoms with Gasteiger partial charge in [0.1, 0.15) is 11.4 Å². The molecule has 0 unspecified atom stereocenters. The molecule has 26 heavy (non-hydrogen) atoms. The zero-order valence-corrected chi connectivity index (χ0v) is 14.4. The third-order valence-electron chi connectivity index (χ3n) is 4.01. The molecule has 1 aromatic heterocycles. The van der Waals surface area contributed by atoms with Gasteiger partial charge in [0.2, 0.25) is 0 Å². The summed E-state index contributed by atoms with van der Waals surface area (Å²) in [6.07, 6.45) is 1.48. The summed E-state index contributed by atoms with van der Waals surface area (Å²) < 4.78 is 0. The van der Waals surface area contributed by atoms with Gasteiger partial charge in [-0.2, -0.15) is 0 Å². The number of phenols is 1. The predicted molar refractivity (Wildman–Crippen MR) is 101 cm³/mol. The topological polar surface area (TPSA) is 88.6 Å². The summed E-state index contributed by atoms with van der Waals surface area (Å²) in [6.45, 7) is 4.07. The average Bonchev–Trinajstić information content (AvgIpc) is 2.61. The van der Waals surface area contributed by atoms with Gasteiger partial charge in [0, 0.05) is 17.7 Å². The normalized spacial score (nSPS) is 11.0. The third-order valence-corrected chi connectivity index (χ3v) is 4.01. The van der Waals surface area contributed by atoms with Gasteiger partial charge in [-0.1, -0.05) is 24.3 Å². The minimum atomic E-state index is -0.529. The van der Waals surface area contributed by atoms with Crippen molar-refractivity contribution in [3.8, 4) is 17.0 Å². The van der Waals surface area contributed by atoms with Gasteiger partial charge in [0.15, 0.2) is 0 Å². The van der Waals surface area contributed by atoms with Crippen LogP contribution in [0.1, 0.15) is 16.8 Å². The lowest BCUT2D eigenvalue weighted by atomic mass is 9.99. The van der Waals surface area contributed by atoms with E-state index in [1.807, 2.05) is 44.2 Å². The van der Waals surface area contributed by atoms with Gasteiger partial charge < -0.3 is 5.11 Å². The van der Waals surface area contributed by atoms with Crippen molar-refractivity contribution < 1.29 is 10.0 Å². The Hall–Kier alpha value is -3.54. The molecule has 0 bridgehead atoms. The van der Waals surface area contributed by atoms with Gasteiger partial charge in [0.05, 0.1) is 22.5 Å². The maximum absolute atomic E-state index is 10.9. The van der Waals surface area contributed by atoms with Crippen LogP contribution in [0.3, 0.4) is 0 Å². The second-order valence-electron chi connectivity index (χ2n) is 5.90. The standard InChI is InChI=1S/C20H17N3O3/c1-13-5-3-6-14(2)20(13)17-8-4-7-15(22-17)12-21-18-11-16(23(25)26)9-10-19(18)24/h3-12,24H,1-2H3. The molecule has 130 valence electrons. The second kappa shape index (κ2) is 7.14. The molecule has 6 nitrogen and oxygen atoms in total. The minimum absolute atomic E-state index is 0.124. The van der Waals surface area contributed by atoms with Gasteiger partial charge in [-0.15, -0.1) is 0 Å². The maximum atomic E-state index is 10.9. The Bertz CT molecular complexity index is 993. The molecule has 0 fully saturated rings. The van der Waals surface area contributed by atoms with E-state index in [4.69, 9.17) is 0 Å². The molecule has 6 heteroatoms. The zero-order chi connectivity index (χ0) is 18.7. The van der Waals surface area contributed by atoms with Gasteiger partial charge in [0.25, 0.3) is 5.69 Å². The summed E-state index contributed by atoms with van der Waals surface area (Å²) in [5, 5.41) is 20.7. The summed E-state index contributed by atoms with van der Waals surface area (Å²) in [5.74, 6) is -0.127. The molecule has 3 rings (SSSR count). The van der Waals surface area contributed by atoms with Gasteiger partial charge in [-0.3, -0.25) is 15.1 Å². The van der Waals surface area contributed by atoms with E-state index in [9.17, 15) is 15.2 Å². The Labute approximate surface area is 150 Å². The molecule has 0 aliphatic heterocycles. The van der Waals surface area contributed by atoms with Crippen LogP contribution in [0, 0.1) is 24.0 Å². The number of aromatic nitrogens is 1. The second-order valence-corrected chi connectivity index (χ2v) is 5.90. The quantitative estimate of drug-likeness (QED) is 0.420. The number of nitro benzene ring substituents is 1. The van der Waals surface area contributed by atoms with Gasteiger partial charge >= 0.3 is 0 Å². The predicted octanol–water partition coefficient (Wildman–Crippen LogP) is 4.73. The molecule has 0 aliphatic rings. The molecule has 0 atom stereocenters. The monoisotopic (exact) mass is 347 g/mol. The highest BCUT2D eigenvalue weighted by Crippen LogP contribution is 2.30. The van der Waals surface area contributed by atoms with Crippen LogP contribution in [0.15, 0.2) is 59.6 Å². The maximum Gasteiger partial charge on any atom is 0.271 e. The lowest BCUT2D eigenvalue weighted by molar-refractivity contribution is -0.384. The summed E-state index contributed by atoms with van der Waals surface area (Å²) in [6, 6.07) is 15.4. The Morgan fingerprint density at radius 1 is 1.08 bits per heavy atom. The van der Waals surface area contributed by atoms with E-state index < -0.39 is 4.92 Å². The highest BCUT2D eigenvalue weighted by Gasteiger charge is 2.10. The van der Waals surface area contributed by atoms with E-state index in [1.54, 1.807) is 6.07 Å². The Kier molecular flexibility index (Phi) is 4.75. The first-order valence-electron chi connectivity index (χ1n) is 8.01. The molecular weight excluding hydrogens is 330 g/mol. The van der Waals surface area contributed by atoms with E-state index in [1.165, 1.54) is 24.4 Å². The summed E-state index contributed by atoms with van der Waals surface area (Å²) in [5.41, 5.74) is 4.74. The van der Waals surface area contributed by atoms with Crippen molar-refractivity contribution in [3.63, 3.8) is 0 Å². The highest BCUT2D eigenvalue weighted by molar-refractivity contribution is 5.82. The number of hydrogen-bond acceptors (Lipinski definition) is 5. The first-order valence-corrected chi connectivity index (χ1v) is 8.01. The van der Waals surface area contributed by atoms with E-state index in [0.29, 0.717) is 5.69 Å². The molecule has 0 spiro atoms. The fourth-order valence-electron chi connectivity index (χ4n) is 2.75. The van der Waals surface area contributed by atoms with Crippen molar-refractivity contribution >= 4 is 17.6 Å². The number of aromatic hydroxyl groups is 1. The molecule has 1 N–H and O–H groups in total. The number of nitrogens with zero attached hydrogens (tertiary/aromatic N) is 3. The van der Waals surface area contributed by atoms with Crippen molar-refractivity contribution in [1.29, 1.82) is 0 Å². The third kappa shape index (κ3) is 3.59. The van der Waals surface area contributed by atoms with Crippen LogP contribution < -0.4 is 0 Å². The molecule has 0 amide bonds. The molecule has 1 heterocycles. The minimum Gasteiger partial charge on any atom is -0.506 e. The Balaban J connectivity index is 1.96. The average molecular weight is 347 g/mol. The number of aliphatic imine (C=N–C) groups is 1. The molecule has 0 saturated heterocycles. The van der Waals surface area contributed by atoms with Crippen molar-refractivity contribution in [2.45, 2.75) is 13.8 Å². The number of nitro groups is 1. The molecule has 0 aliphatic carbocycles. The van der Waals surface area contributed by atoms with Crippen LogP contribution >= 0.6 is 0 Å². The smallest absolute Gasteiger partial charge is 0.271 e. The number of pyridine rings is 1. The lowest BCUT2D eigenvalue weighted by Gasteiger charge is -2.09. The molecular formula is C20H17N3O3. The van der Waals surface area contributed by atoms with Crippen molar-refractivity contribution in [2.24, 2.45) is 4.99 Å². The number of aryl methyl sites for hydroxylation is 2. The molecule has 2 aromatic carbocycles. The summed E-state index contributed by atoms with van der Waals surface area (Å²) >= 11 is 0. The number of rotatable bonds is 4. The van der Waals surface area contributed by atoms with Crippen molar-refractivity contribution in [3.05, 3.63) is 81.5 Å². The number of non-ortho nitro benzene ring substituents is 1. The fourth-order valence-corrected chi connectivity index (χ4v) is 2.75. The first kappa shape index (κ1) is 17.3. The molecule has 0 radical (unpaired) electrons. The summed E-state index contributed by atoms with van der Waals surface area (Å²) in [7, 11) is 0. The van der Waals surface area contributed by atoms with Gasteiger partial charge in [-0.25, -0.2) is 4.98 Å². The largest absolute Gasteiger partial charge is 0.506 e. The SMILES string of the molecule is Cc1cccc(C)c1-c1cccc(C=Nc2cc([N+](=O)[O-])ccc2O)n1. The van der Waals surface area contributed by atoms with Crippen molar-refractivity contribution in [1.82, 2.24) is 4.98 Å². The van der Waals surface area contributed by atoms with Crippen LogP contribution in [0.4, 0.5) is 11.4 Å². The van der Waals surface area contributed by atoms with Gasteiger partial charge in [-0.05, 0) is 43.2 Å². The lowest BCUT2D eigenvalue weighted by Crippen LogP contribution is -1.94. The summed E-state index contributed by atoms with van der Waals surface area (Å²) in [4.78, 5) is 19.1. The van der Waals surface area contributed by atoms with E-state index in [0.717, 1.165) is 22.4 Å². The van der Waals surface area contributed by atoms with E-state index in [-0.39, 0.29) is 17.1 Å². The van der Waals surface area contributed by atoms with Crippen LogP contribution in [0.2, 0.25) is 0 Å². The van der Waals surface area contributed by atoms with E-state index in [2.05, 4.69) is 9.98 Å². The Morgan fingerprint density at radius 3 is 2.46 bits per heavy atom. The zero-order valence-electron chi connectivity index (χ0n) is 14.4.